The summed E-state index contributed by atoms with van der Waals surface area (Å²) < 4.78 is 1.56. The van der Waals surface area contributed by atoms with Gasteiger partial charge in [0.25, 0.3) is 5.56 Å². The van der Waals surface area contributed by atoms with Gasteiger partial charge in [-0.2, -0.15) is 0 Å². The van der Waals surface area contributed by atoms with Crippen molar-refractivity contribution in [2.45, 2.75) is 25.7 Å². The molecule has 0 spiro atoms. The summed E-state index contributed by atoms with van der Waals surface area (Å²) in [6, 6.07) is 0. The van der Waals surface area contributed by atoms with E-state index < -0.39 is 0 Å². The Morgan fingerprint density at radius 2 is 2.31 bits per heavy atom. The number of nitrogens with one attached hydrogen (secondary N) is 1. The molecule has 1 aromatic heterocycles. The third-order valence-corrected chi connectivity index (χ3v) is 3.96. The molecule has 2 aliphatic carbocycles. The number of nitrogens with zero attached hydrogens (tertiary/aromatic N) is 2. The third kappa shape index (κ3) is 1.62. The van der Waals surface area contributed by atoms with E-state index in [0.29, 0.717) is 11.2 Å². The second-order valence-electron chi connectivity index (χ2n) is 5.18. The van der Waals surface area contributed by atoms with E-state index in [1.165, 1.54) is 25.7 Å². The average Bonchev–Trinajstić information content (AvgIpc) is 3.14. The zero-order valence-corrected chi connectivity index (χ0v) is 9.57. The van der Waals surface area contributed by atoms with Crippen molar-refractivity contribution in [2.24, 2.45) is 18.4 Å². The quantitative estimate of drug-likeness (QED) is 0.832. The summed E-state index contributed by atoms with van der Waals surface area (Å²) in [6.07, 6.45) is 8.74. The highest BCUT2D eigenvalue weighted by molar-refractivity contribution is 5.32. The predicted molar refractivity (Wildman–Crippen MR) is 62.4 cm³/mol. The molecular formula is C12H17N3O. The van der Waals surface area contributed by atoms with E-state index in [4.69, 9.17) is 0 Å². The molecule has 1 N–H and O–H groups in total. The third-order valence-electron chi connectivity index (χ3n) is 3.96. The summed E-state index contributed by atoms with van der Waals surface area (Å²) in [5, 5.41) is 3.23. The Labute approximate surface area is 94.7 Å². The zero-order chi connectivity index (χ0) is 11.2. The van der Waals surface area contributed by atoms with Gasteiger partial charge in [0.2, 0.25) is 0 Å². The maximum Gasteiger partial charge on any atom is 0.293 e. The maximum atomic E-state index is 11.7. The van der Waals surface area contributed by atoms with Gasteiger partial charge >= 0.3 is 0 Å². The zero-order valence-electron chi connectivity index (χ0n) is 9.57. The van der Waals surface area contributed by atoms with Crippen molar-refractivity contribution in [3.8, 4) is 0 Å². The highest BCUT2D eigenvalue weighted by atomic mass is 16.1. The molecule has 4 nitrogen and oxygen atoms in total. The van der Waals surface area contributed by atoms with Crippen LogP contribution in [0, 0.1) is 11.3 Å². The molecule has 0 aromatic carbocycles. The number of hydrogen-bond acceptors (Lipinski definition) is 3. The molecule has 0 atom stereocenters. The van der Waals surface area contributed by atoms with Crippen LogP contribution in [0.5, 0.6) is 0 Å². The van der Waals surface area contributed by atoms with Gasteiger partial charge in [-0.25, -0.2) is 4.98 Å². The van der Waals surface area contributed by atoms with Crippen molar-refractivity contribution in [2.75, 3.05) is 11.9 Å². The first-order valence-corrected chi connectivity index (χ1v) is 5.97. The van der Waals surface area contributed by atoms with Gasteiger partial charge in [0.15, 0.2) is 5.82 Å². The number of aromatic nitrogens is 2. The molecule has 2 aliphatic rings. The average molecular weight is 219 g/mol. The standard InChI is InChI=1S/C12H17N3O/c1-15-7-6-13-10(11(15)16)14-8-12(4-5-12)9-2-3-9/h6-7,9H,2-5,8H2,1H3,(H,13,14). The lowest BCUT2D eigenvalue weighted by Gasteiger charge is -2.15. The molecule has 1 aromatic rings. The van der Waals surface area contributed by atoms with Crippen LogP contribution in [0.15, 0.2) is 17.2 Å². The summed E-state index contributed by atoms with van der Waals surface area (Å²) >= 11 is 0. The maximum absolute atomic E-state index is 11.7. The monoisotopic (exact) mass is 219 g/mol. The molecule has 0 amide bonds. The summed E-state index contributed by atoms with van der Waals surface area (Å²) in [5.74, 6) is 1.41. The van der Waals surface area contributed by atoms with Crippen LogP contribution in [0.25, 0.3) is 0 Å². The van der Waals surface area contributed by atoms with Crippen molar-refractivity contribution >= 4 is 5.82 Å². The van der Waals surface area contributed by atoms with Gasteiger partial charge < -0.3 is 9.88 Å². The minimum Gasteiger partial charge on any atom is -0.365 e. The summed E-state index contributed by atoms with van der Waals surface area (Å²) in [7, 11) is 1.75. The first kappa shape index (κ1) is 9.87. The number of anilines is 1. The van der Waals surface area contributed by atoms with Gasteiger partial charge in [-0.05, 0) is 37.0 Å². The topological polar surface area (TPSA) is 46.9 Å². The van der Waals surface area contributed by atoms with Gasteiger partial charge in [-0.3, -0.25) is 4.79 Å². The first-order valence-electron chi connectivity index (χ1n) is 5.97. The van der Waals surface area contributed by atoms with Crippen LogP contribution < -0.4 is 10.9 Å². The van der Waals surface area contributed by atoms with Gasteiger partial charge in [0, 0.05) is 26.0 Å². The van der Waals surface area contributed by atoms with Gasteiger partial charge in [-0.15, -0.1) is 0 Å². The highest BCUT2D eigenvalue weighted by Crippen LogP contribution is 2.61. The summed E-state index contributed by atoms with van der Waals surface area (Å²) in [4.78, 5) is 15.8. The predicted octanol–water partition coefficient (Wildman–Crippen LogP) is 1.38. The molecular weight excluding hydrogens is 202 g/mol. The lowest BCUT2D eigenvalue weighted by Crippen LogP contribution is -2.26. The Hall–Kier alpha value is -1.32. The van der Waals surface area contributed by atoms with Crippen LogP contribution in [0.4, 0.5) is 5.82 Å². The summed E-state index contributed by atoms with van der Waals surface area (Å²) in [6.45, 7) is 0.921. The number of hydrogen-bond donors (Lipinski definition) is 1. The molecule has 0 unspecified atom stereocenters. The Balaban J connectivity index is 1.70. The molecule has 0 saturated heterocycles. The van der Waals surface area contributed by atoms with Gasteiger partial charge in [-0.1, -0.05) is 0 Å². The van der Waals surface area contributed by atoms with Crippen molar-refractivity contribution in [3.63, 3.8) is 0 Å². The fourth-order valence-corrected chi connectivity index (χ4v) is 2.46. The van der Waals surface area contributed by atoms with E-state index in [-0.39, 0.29) is 5.56 Å². The van der Waals surface area contributed by atoms with E-state index in [0.717, 1.165) is 12.5 Å². The van der Waals surface area contributed by atoms with Crippen LogP contribution in [0.3, 0.4) is 0 Å². The molecule has 16 heavy (non-hydrogen) atoms. The van der Waals surface area contributed by atoms with E-state index in [9.17, 15) is 4.79 Å². The smallest absolute Gasteiger partial charge is 0.293 e. The van der Waals surface area contributed by atoms with E-state index >= 15 is 0 Å². The fourth-order valence-electron chi connectivity index (χ4n) is 2.46. The SMILES string of the molecule is Cn1ccnc(NCC2(C3CC3)CC2)c1=O. The molecule has 1 heterocycles. The van der Waals surface area contributed by atoms with Crippen molar-refractivity contribution in [3.05, 3.63) is 22.7 Å². The Kier molecular flexibility index (Phi) is 2.06. The second kappa shape index (κ2) is 3.34. The lowest BCUT2D eigenvalue weighted by molar-refractivity contribution is 0.466. The van der Waals surface area contributed by atoms with E-state index in [1.54, 1.807) is 24.0 Å². The van der Waals surface area contributed by atoms with Crippen LogP contribution in [0.2, 0.25) is 0 Å². The highest BCUT2D eigenvalue weighted by Gasteiger charge is 2.53. The Bertz CT molecular complexity index is 458. The summed E-state index contributed by atoms with van der Waals surface area (Å²) in [5.41, 5.74) is 0.469. The van der Waals surface area contributed by atoms with Crippen LogP contribution in [-0.4, -0.2) is 16.1 Å². The Morgan fingerprint density at radius 1 is 1.56 bits per heavy atom. The molecule has 0 bridgehead atoms. The molecule has 2 fully saturated rings. The second-order valence-corrected chi connectivity index (χ2v) is 5.18. The lowest BCUT2D eigenvalue weighted by atomic mass is 10.0. The number of aryl methyl sites for hydroxylation is 1. The van der Waals surface area contributed by atoms with Gasteiger partial charge in [0.1, 0.15) is 0 Å². The largest absolute Gasteiger partial charge is 0.365 e. The minimum absolute atomic E-state index is 0.0332. The van der Waals surface area contributed by atoms with Crippen LogP contribution in [0.1, 0.15) is 25.7 Å². The Morgan fingerprint density at radius 3 is 2.94 bits per heavy atom. The molecule has 3 rings (SSSR count). The van der Waals surface area contributed by atoms with Crippen LogP contribution >= 0.6 is 0 Å². The van der Waals surface area contributed by atoms with Crippen molar-refractivity contribution in [1.29, 1.82) is 0 Å². The van der Waals surface area contributed by atoms with Gasteiger partial charge in [0.05, 0.1) is 0 Å². The molecule has 0 radical (unpaired) electrons. The number of rotatable bonds is 4. The fraction of sp³-hybridized carbons (Fsp3) is 0.667. The normalized spacial score (nSPS) is 21.8. The van der Waals surface area contributed by atoms with Crippen molar-refractivity contribution < 1.29 is 0 Å². The van der Waals surface area contributed by atoms with E-state index in [2.05, 4.69) is 10.3 Å². The van der Waals surface area contributed by atoms with Crippen molar-refractivity contribution in [1.82, 2.24) is 9.55 Å². The molecule has 0 aliphatic heterocycles. The first-order chi connectivity index (χ1) is 7.71. The van der Waals surface area contributed by atoms with Crippen LogP contribution in [-0.2, 0) is 7.05 Å². The molecule has 4 heteroatoms. The minimum atomic E-state index is -0.0332. The van der Waals surface area contributed by atoms with E-state index in [1.807, 2.05) is 0 Å². The molecule has 2 saturated carbocycles. The molecule has 86 valence electrons.